The van der Waals surface area contributed by atoms with Crippen molar-refractivity contribution >= 4 is 23.1 Å². The largest absolute Gasteiger partial charge is 0.493 e. The molecule has 0 spiro atoms. The molecule has 0 saturated carbocycles. The van der Waals surface area contributed by atoms with Crippen molar-refractivity contribution in [2.75, 3.05) is 26.1 Å². The molecule has 0 saturated heterocycles. The molecule has 0 aliphatic rings. The maximum atomic E-state index is 6.56. The van der Waals surface area contributed by atoms with Crippen LogP contribution in [0.3, 0.4) is 0 Å². The number of benzene rings is 2. The van der Waals surface area contributed by atoms with Gasteiger partial charge in [0.25, 0.3) is 0 Å². The van der Waals surface area contributed by atoms with Crippen LogP contribution in [0, 0.1) is 6.92 Å². The van der Waals surface area contributed by atoms with Gasteiger partial charge in [-0.05, 0) is 37.1 Å². The summed E-state index contributed by atoms with van der Waals surface area (Å²) in [7, 11) is 3.29. The van der Waals surface area contributed by atoms with E-state index < -0.39 is 0 Å². The Morgan fingerprint density at radius 2 is 1.74 bits per heavy atom. The van der Waals surface area contributed by atoms with Gasteiger partial charge in [-0.25, -0.2) is 4.98 Å². The summed E-state index contributed by atoms with van der Waals surface area (Å²) in [4.78, 5) is 5.02. The van der Waals surface area contributed by atoms with Crippen LogP contribution in [0.25, 0.3) is 16.8 Å². The SMILES string of the molecule is COc1ccc(CCNc2cc(C(C)(C)C)nc3c(-c4ccccc4Cl)c(C)nn23)cc1OC. The fraction of sp³-hybridized carbons (Fsp3) is 0.333. The average molecular weight is 479 g/mol. The van der Waals surface area contributed by atoms with E-state index in [1.807, 2.05) is 47.8 Å². The lowest BCUT2D eigenvalue weighted by Crippen LogP contribution is -2.17. The molecule has 0 fully saturated rings. The Morgan fingerprint density at radius 3 is 2.41 bits per heavy atom. The maximum Gasteiger partial charge on any atom is 0.165 e. The molecule has 7 heteroatoms. The summed E-state index contributed by atoms with van der Waals surface area (Å²) in [5.74, 6) is 2.36. The first-order chi connectivity index (χ1) is 16.2. The van der Waals surface area contributed by atoms with Gasteiger partial charge in [-0.1, -0.05) is 56.6 Å². The summed E-state index contributed by atoms with van der Waals surface area (Å²) >= 11 is 6.56. The van der Waals surface area contributed by atoms with Crippen LogP contribution in [0.5, 0.6) is 11.5 Å². The number of hydrogen-bond donors (Lipinski definition) is 1. The summed E-state index contributed by atoms with van der Waals surface area (Å²) < 4.78 is 12.7. The highest BCUT2D eigenvalue weighted by molar-refractivity contribution is 6.33. The Kier molecular flexibility index (Phi) is 6.71. The van der Waals surface area contributed by atoms with Gasteiger partial charge in [0.15, 0.2) is 17.1 Å². The molecule has 4 aromatic rings. The number of hydrogen-bond acceptors (Lipinski definition) is 5. The number of nitrogens with zero attached hydrogens (tertiary/aromatic N) is 3. The molecular weight excluding hydrogens is 448 g/mol. The number of aryl methyl sites for hydroxylation is 1. The number of rotatable bonds is 7. The van der Waals surface area contributed by atoms with Gasteiger partial charge in [0.1, 0.15) is 5.82 Å². The van der Waals surface area contributed by atoms with Gasteiger partial charge in [0, 0.05) is 28.6 Å². The quantitative estimate of drug-likeness (QED) is 0.336. The van der Waals surface area contributed by atoms with Crippen LogP contribution in [-0.4, -0.2) is 35.4 Å². The van der Waals surface area contributed by atoms with Crippen molar-refractivity contribution in [1.29, 1.82) is 0 Å². The molecule has 2 aromatic carbocycles. The minimum Gasteiger partial charge on any atom is -0.493 e. The van der Waals surface area contributed by atoms with Crippen LogP contribution >= 0.6 is 11.6 Å². The molecule has 4 rings (SSSR count). The molecule has 0 aliphatic heterocycles. The standard InChI is InChI=1S/C27H31ClN4O2/c1-17-25(19-9-7-8-10-20(19)28)26-30-23(27(2,3)4)16-24(32(26)31-17)29-14-13-18-11-12-21(33-5)22(15-18)34-6/h7-12,15-16,29H,13-14H2,1-6H3. The Balaban J connectivity index is 1.71. The number of anilines is 1. The van der Waals surface area contributed by atoms with Crippen molar-refractivity contribution in [2.24, 2.45) is 0 Å². The number of ether oxygens (including phenoxy) is 2. The van der Waals surface area contributed by atoms with Crippen LogP contribution in [0.15, 0.2) is 48.5 Å². The van der Waals surface area contributed by atoms with Crippen LogP contribution in [0.1, 0.15) is 37.7 Å². The van der Waals surface area contributed by atoms with Crippen molar-refractivity contribution in [3.8, 4) is 22.6 Å². The van der Waals surface area contributed by atoms with Crippen molar-refractivity contribution in [3.63, 3.8) is 0 Å². The third-order valence-electron chi connectivity index (χ3n) is 5.84. The smallest absolute Gasteiger partial charge is 0.165 e. The molecule has 2 aromatic heterocycles. The fourth-order valence-corrected chi connectivity index (χ4v) is 4.21. The first-order valence-electron chi connectivity index (χ1n) is 11.3. The molecule has 0 amide bonds. The summed E-state index contributed by atoms with van der Waals surface area (Å²) in [5.41, 5.74) is 5.59. The van der Waals surface area contributed by atoms with Crippen molar-refractivity contribution in [1.82, 2.24) is 14.6 Å². The number of methoxy groups -OCH3 is 2. The van der Waals surface area contributed by atoms with Gasteiger partial charge in [-0.3, -0.25) is 0 Å². The minimum atomic E-state index is -0.128. The van der Waals surface area contributed by atoms with Crippen LogP contribution in [0.4, 0.5) is 5.82 Å². The molecule has 0 radical (unpaired) electrons. The highest BCUT2D eigenvalue weighted by Gasteiger charge is 2.23. The fourth-order valence-electron chi connectivity index (χ4n) is 3.98. The van der Waals surface area contributed by atoms with Crippen molar-refractivity contribution in [2.45, 2.75) is 39.5 Å². The van der Waals surface area contributed by atoms with Crippen molar-refractivity contribution in [3.05, 3.63) is 70.5 Å². The van der Waals surface area contributed by atoms with E-state index in [-0.39, 0.29) is 5.41 Å². The Morgan fingerprint density at radius 1 is 1.00 bits per heavy atom. The summed E-state index contributed by atoms with van der Waals surface area (Å²) in [6.45, 7) is 9.21. The third kappa shape index (κ3) is 4.68. The number of fused-ring (bicyclic) bond motifs is 1. The second-order valence-electron chi connectivity index (χ2n) is 9.32. The van der Waals surface area contributed by atoms with E-state index in [4.69, 9.17) is 31.2 Å². The molecule has 178 valence electrons. The molecular formula is C27H31ClN4O2. The Hall–Kier alpha value is -3.25. The maximum absolute atomic E-state index is 6.56. The minimum absolute atomic E-state index is 0.128. The lowest BCUT2D eigenvalue weighted by atomic mass is 9.92. The molecule has 0 bridgehead atoms. The van der Waals surface area contributed by atoms with E-state index >= 15 is 0 Å². The van der Waals surface area contributed by atoms with Crippen molar-refractivity contribution < 1.29 is 9.47 Å². The molecule has 6 nitrogen and oxygen atoms in total. The first kappa shape index (κ1) is 23.9. The zero-order valence-electron chi connectivity index (χ0n) is 20.6. The summed E-state index contributed by atoms with van der Waals surface area (Å²) in [5, 5.41) is 9.09. The zero-order chi connectivity index (χ0) is 24.5. The predicted molar refractivity (Wildman–Crippen MR) is 139 cm³/mol. The highest BCUT2D eigenvalue weighted by atomic mass is 35.5. The van der Waals surface area contributed by atoms with Gasteiger partial charge in [-0.2, -0.15) is 9.61 Å². The third-order valence-corrected chi connectivity index (χ3v) is 6.17. The lowest BCUT2D eigenvalue weighted by Gasteiger charge is -2.20. The van der Waals surface area contributed by atoms with Gasteiger partial charge in [0.05, 0.1) is 31.2 Å². The monoisotopic (exact) mass is 478 g/mol. The number of nitrogens with one attached hydrogen (secondary N) is 1. The topological polar surface area (TPSA) is 60.7 Å². The van der Waals surface area contributed by atoms with E-state index in [2.05, 4.69) is 38.2 Å². The van der Waals surface area contributed by atoms with E-state index in [9.17, 15) is 0 Å². The van der Waals surface area contributed by atoms with E-state index in [1.165, 1.54) is 0 Å². The van der Waals surface area contributed by atoms with Gasteiger partial charge in [0.2, 0.25) is 0 Å². The van der Waals surface area contributed by atoms with Gasteiger partial charge >= 0.3 is 0 Å². The second-order valence-corrected chi connectivity index (χ2v) is 9.73. The summed E-state index contributed by atoms with van der Waals surface area (Å²) in [6.07, 6.45) is 0.812. The molecule has 0 atom stereocenters. The molecule has 0 unspecified atom stereocenters. The van der Waals surface area contributed by atoms with E-state index in [1.54, 1.807) is 14.2 Å². The normalized spacial score (nSPS) is 11.6. The van der Waals surface area contributed by atoms with Crippen LogP contribution < -0.4 is 14.8 Å². The number of aromatic nitrogens is 3. The zero-order valence-corrected chi connectivity index (χ0v) is 21.3. The highest BCUT2D eigenvalue weighted by Crippen LogP contribution is 2.35. The van der Waals surface area contributed by atoms with Crippen LogP contribution in [0.2, 0.25) is 5.02 Å². The van der Waals surface area contributed by atoms with Gasteiger partial charge < -0.3 is 14.8 Å². The van der Waals surface area contributed by atoms with E-state index in [0.717, 1.165) is 64.0 Å². The Bertz CT molecular complexity index is 1320. The lowest BCUT2D eigenvalue weighted by molar-refractivity contribution is 0.354. The molecule has 34 heavy (non-hydrogen) atoms. The first-order valence-corrected chi connectivity index (χ1v) is 11.7. The number of halogens is 1. The van der Waals surface area contributed by atoms with Gasteiger partial charge in [-0.15, -0.1) is 0 Å². The predicted octanol–water partition coefficient (Wildman–Crippen LogP) is 6.33. The van der Waals surface area contributed by atoms with E-state index in [0.29, 0.717) is 5.02 Å². The average Bonchev–Trinajstić information content (AvgIpc) is 3.14. The van der Waals surface area contributed by atoms with Crippen LogP contribution in [-0.2, 0) is 11.8 Å². The Labute approximate surface area is 205 Å². The molecule has 1 N–H and O–H groups in total. The molecule has 0 aliphatic carbocycles. The second kappa shape index (κ2) is 9.55. The summed E-state index contributed by atoms with van der Waals surface area (Å²) in [6, 6.07) is 15.9. The molecule has 2 heterocycles.